The molecule has 0 spiro atoms. The highest BCUT2D eigenvalue weighted by Crippen LogP contribution is 2.22. The molecule has 2 rings (SSSR count). The Labute approximate surface area is 131 Å². The fourth-order valence-electron chi connectivity index (χ4n) is 2.30. The molecule has 5 heteroatoms. The largest absolute Gasteiger partial charge is 0.388 e. The predicted octanol–water partition coefficient (Wildman–Crippen LogP) is 2.37. The van der Waals surface area contributed by atoms with E-state index in [-0.39, 0.29) is 12.5 Å². The standard InChI is InChI=1S/C17H23N3O2/c1-4-17(22,5-2)12-18-16(21)14-11-20(3)19-15(14)13-9-7-6-8-10-13/h6-11,22H,4-5,12H2,1-3H3,(H,18,21). The van der Waals surface area contributed by atoms with Gasteiger partial charge in [-0.3, -0.25) is 9.48 Å². The Balaban J connectivity index is 2.21. The van der Waals surface area contributed by atoms with E-state index in [0.29, 0.717) is 24.1 Å². The molecule has 0 saturated carbocycles. The first kappa shape index (κ1) is 16.2. The molecule has 1 heterocycles. The molecule has 22 heavy (non-hydrogen) atoms. The third kappa shape index (κ3) is 3.54. The average molecular weight is 301 g/mol. The number of benzene rings is 1. The van der Waals surface area contributed by atoms with Crippen LogP contribution in [0.2, 0.25) is 0 Å². The lowest BCUT2D eigenvalue weighted by atomic mass is 9.97. The molecule has 0 fully saturated rings. The van der Waals surface area contributed by atoms with Gasteiger partial charge in [-0.15, -0.1) is 0 Å². The first-order valence-electron chi connectivity index (χ1n) is 7.58. The molecule has 2 aromatic rings. The topological polar surface area (TPSA) is 67.2 Å². The van der Waals surface area contributed by atoms with E-state index >= 15 is 0 Å². The van der Waals surface area contributed by atoms with Crippen molar-refractivity contribution in [2.24, 2.45) is 7.05 Å². The van der Waals surface area contributed by atoms with Crippen molar-refractivity contribution < 1.29 is 9.90 Å². The quantitative estimate of drug-likeness (QED) is 0.861. The average Bonchev–Trinajstić information content (AvgIpc) is 2.95. The highest BCUT2D eigenvalue weighted by Gasteiger charge is 2.24. The molecule has 2 N–H and O–H groups in total. The van der Waals surface area contributed by atoms with Crippen LogP contribution in [-0.4, -0.2) is 32.9 Å². The first-order chi connectivity index (χ1) is 10.5. The van der Waals surface area contributed by atoms with Crippen molar-refractivity contribution in [2.75, 3.05) is 6.54 Å². The second-order valence-electron chi connectivity index (χ2n) is 5.55. The normalized spacial score (nSPS) is 11.5. The van der Waals surface area contributed by atoms with Gasteiger partial charge >= 0.3 is 0 Å². The van der Waals surface area contributed by atoms with Crippen molar-refractivity contribution in [2.45, 2.75) is 32.3 Å². The van der Waals surface area contributed by atoms with E-state index in [4.69, 9.17) is 0 Å². The van der Waals surface area contributed by atoms with Gasteiger partial charge in [0.25, 0.3) is 5.91 Å². The van der Waals surface area contributed by atoms with E-state index in [2.05, 4.69) is 10.4 Å². The molecule has 0 radical (unpaired) electrons. The molecule has 118 valence electrons. The zero-order chi connectivity index (χ0) is 16.2. The molecule has 0 aliphatic rings. The lowest BCUT2D eigenvalue weighted by molar-refractivity contribution is 0.0314. The highest BCUT2D eigenvalue weighted by atomic mass is 16.3. The Morgan fingerprint density at radius 3 is 2.50 bits per heavy atom. The molecule has 1 aromatic carbocycles. The minimum Gasteiger partial charge on any atom is -0.388 e. The van der Waals surface area contributed by atoms with Crippen molar-refractivity contribution in [1.29, 1.82) is 0 Å². The van der Waals surface area contributed by atoms with Gasteiger partial charge in [0.15, 0.2) is 0 Å². The number of hydrogen-bond acceptors (Lipinski definition) is 3. The Morgan fingerprint density at radius 2 is 1.91 bits per heavy atom. The summed E-state index contributed by atoms with van der Waals surface area (Å²) in [4.78, 5) is 12.5. The summed E-state index contributed by atoms with van der Waals surface area (Å²) >= 11 is 0. The molecule has 0 aliphatic carbocycles. The molecule has 0 saturated heterocycles. The van der Waals surface area contributed by atoms with Gasteiger partial charge in [0, 0.05) is 25.4 Å². The van der Waals surface area contributed by atoms with Crippen LogP contribution < -0.4 is 5.32 Å². The first-order valence-corrected chi connectivity index (χ1v) is 7.58. The summed E-state index contributed by atoms with van der Waals surface area (Å²) in [6.45, 7) is 4.06. The van der Waals surface area contributed by atoms with Crippen LogP contribution in [0.25, 0.3) is 11.3 Å². The molecular formula is C17H23N3O2. The lowest BCUT2D eigenvalue weighted by Crippen LogP contribution is -2.42. The Morgan fingerprint density at radius 1 is 1.27 bits per heavy atom. The Hall–Kier alpha value is -2.14. The molecule has 0 aliphatic heterocycles. The summed E-state index contributed by atoms with van der Waals surface area (Å²) in [5, 5.41) is 17.5. The number of hydrogen-bond donors (Lipinski definition) is 2. The maximum absolute atomic E-state index is 12.5. The zero-order valence-electron chi connectivity index (χ0n) is 13.3. The van der Waals surface area contributed by atoms with E-state index in [0.717, 1.165) is 5.56 Å². The number of nitrogens with one attached hydrogen (secondary N) is 1. The summed E-state index contributed by atoms with van der Waals surface area (Å²) in [5.41, 5.74) is 1.21. The number of rotatable bonds is 6. The maximum Gasteiger partial charge on any atom is 0.255 e. The van der Waals surface area contributed by atoms with Gasteiger partial charge in [0.1, 0.15) is 5.69 Å². The summed E-state index contributed by atoms with van der Waals surface area (Å²) < 4.78 is 1.63. The van der Waals surface area contributed by atoms with Crippen LogP contribution in [0.4, 0.5) is 0 Å². The number of aliphatic hydroxyl groups is 1. The zero-order valence-corrected chi connectivity index (χ0v) is 13.3. The molecule has 1 amide bonds. The summed E-state index contributed by atoms with van der Waals surface area (Å²) in [6, 6.07) is 9.60. The third-order valence-electron chi connectivity index (χ3n) is 4.01. The number of carbonyl (C=O) groups is 1. The number of aryl methyl sites for hydroxylation is 1. The van der Waals surface area contributed by atoms with Crippen LogP contribution in [0.3, 0.4) is 0 Å². The maximum atomic E-state index is 12.5. The summed E-state index contributed by atoms with van der Waals surface area (Å²) in [7, 11) is 1.79. The smallest absolute Gasteiger partial charge is 0.255 e. The van der Waals surface area contributed by atoms with Gasteiger partial charge in [-0.1, -0.05) is 44.2 Å². The van der Waals surface area contributed by atoms with Gasteiger partial charge in [0.05, 0.1) is 11.2 Å². The van der Waals surface area contributed by atoms with Gasteiger partial charge in [0.2, 0.25) is 0 Å². The Kier molecular flexibility index (Phi) is 4.98. The lowest BCUT2D eigenvalue weighted by Gasteiger charge is -2.25. The van der Waals surface area contributed by atoms with E-state index in [1.807, 2.05) is 44.2 Å². The fraction of sp³-hybridized carbons (Fsp3) is 0.412. The number of aromatic nitrogens is 2. The van der Waals surface area contributed by atoms with E-state index in [1.54, 1.807) is 17.9 Å². The highest BCUT2D eigenvalue weighted by molar-refractivity contribution is 5.99. The van der Waals surface area contributed by atoms with Crippen LogP contribution >= 0.6 is 0 Å². The molecule has 0 atom stereocenters. The minimum atomic E-state index is -0.856. The second-order valence-corrected chi connectivity index (χ2v) is 5.55. The fourth-order valence-corrected chi connectivity index (χ4v) is 2.30. The molecular weight excluding hydrogens is 278 g/mol. The molecule has 5 nitrogen and oxygen atoms in total. The van der Waals surface area contributed by atoms with Crippen molar-refractivity contribution >= 4 is 5.91 Å². The van der Waals surface area contributed by atoms with Crippen LogP contribution in [0.1, 0.15) is 37.0 Å². The van der Waals surface area contributed by atoms with Crippen LogP contribution in [0.5, 0.6) is 0 Å². The Bertz CT molecular complexity index is 631. The van der Waals surface area contributed by atoms with Gasteiger partial charge in [-0.25, -0.2) is 0 Å². The van der Waals surface area contributed by atoms with Crippen molar-refractivity contribution in [3.8, 4) is 11.3 Å². The van der Waals surface area contributed by atoms with E-state index in [9.17, 15) is 9.90 Å². The SMILES string of the molecule is CCC(O)(CC)CNC(=O)c1cn(C)nc1-c1ccccc1. The van der Waals surface area contributed by atoms with E-state index in [1.165, 1.54) is 0 Å². The predicted molar refractivity (Wildman–Crippen MR) is 86.5 cm³/mol. The second kappa shape index (κ2) is 6.75. The molecule has 0 unspecified atom stereocenters. The van der Waals surface area contributed by atoms with Crippen LogP contribution in [0.15, 0.2) is 36.5 Å². The number of carbonyl (C=O) groups excluding carboxylic acids is 1. The third-order valence-corrected chi connectivity index (χ3v) is 4.01. The molecule has 1 aromatic heterocycles. The number of nitrogens with zero attached hydrogens (tertiary/aromatic N) is 2. The van der Waals surface area contributed by atoms with E-state index < -0.39 is 5.60 Å². The monoisotopic (exact) mass is 301 g/mol. The van der Waals surface area contributed by atoms with Crippen molar-refractivity contribution in [1.82, 2.24) is 15.1 Å². The van der Waals surface area contributed by atoms with Gasteiger partial charge in [-0.2, -0.15) is 5.10 Å². The van der Waals surface area contributed by atoms with Crippen molar-refractivity contribution in [3.63, 3.8) is 0 Å². The molecule has 0 bridgehead atoms. The summed E-state index contributed by atoms with van der Waals surface area (Å²) in [6.07, 6.45) is 2.90. The van der Waals surface area contributed by atoms with Crippen LogP contribution in [-0.2, 0) is 7.05 Å². The minimum absolute atomic E-state index is 0.215. The summed E-state index contributed by atoms with van der Waals surface area (Å²) in [5.74, 6) is -0.215. The number of amides is 1. The van der Waals surface area contributed by atoms with Crippen molar-refractivity contribution in [3.05, 3.63) is 42.1 Å². The van der Waals surface area contributed by atoms with Gasteiger partial charge in [-0.05, 0) is 12.8 Å². The van der Waals surface area contributed by atoms with Crippen LogP contribution in [0, 0.1) is 0 Å². The van der Waals surface area contributed by atoms with Gasteiger partial charge < -0.3 is 10.4 Å².